The number of hydrogen-bond donors (Lipinski definition) is 0. The number of nitrogens with zero attached hydrogens (tertiary/aromatic N) is 2. The van der Waals surface area contributed by atoms with Gasteiger partial charge >= 0.3 is 0 Å². The lowest BCUT2D eigenvalue weighted by Crippen LogP contribution is -3.00. The van der Waals surface area contributed by atoms with E-state index in [4.69, 9.17) is 11.6 Å². The Bertz CT molecular complexity index is 408. The zero-order valence-corrected chi connectivity index (χ0v) is 10.6. The quantitative estimate of drug-likeness (QED) is 0.469. The van der Waals surface area contributed by atoms with Gasteiger partial charge in [-0.2, -0.15) is 0 Å². The largest absolute Gasteiger partial charge is 1.00 e. The van der Waals surface area contributed by atoms with Crippen LogP contribution in [0.3, 0.4) is 0 Å². The first kappa shape index (κ1) is 11.5. The van der Waals surface area contributed by atoms with E-state index in [1.165, 1.54) is 0 Å². The van der Waals surface area contributed by atoms with Crippen molar-refractivity contribution >= 4 is 11.6 Å². The molecule has 0 radical (unpaired) electrons. The molecule has 0 N–H and O–H groups in total. The van der Waals surface area contributed by atoms with Gasteiger partial charge in [-0.05, 0) is 24.3 Å². The standard InChI is InChI=1S/C10H10ClN2.HI/c1-12-6-7-13(8-12)10-4-2-9(11)3-5-10;/h2-8H,1H3;1H/q+1;/p-1. The summed E-state index contributed by atoms with van der Waals surface area (Å²) < 4.78 is 4.03. The van der Waals surface area contributed by atoms with Gasteiger partial charge in [0.2, 0.25) is 6.33 Å². The molecule has 14 heavy (non-hydrogen) atoms. The van der Waals surface area contributed by atoms with Crippen LogP contribution in [0.25, 0.3) is 5.69 Å². The highest BCUT2D eigenvalue weighted by atomic mass is 127. The van der Waals surface area contributed by atoms with E-state index in [0.717, 1.165) is 10.7 Å². The maximum Gasteiger partial charge on any atom is 0.248 e. The summed E-state index contributed by atoms with van der Waals surface area (Å²) in [5.74, 6) is 0. The summed E-state index contributed by atoms with van der Waals surface area (Å²) in [6.07, 6.45) is 6.00. The lowest BCUT2D eigenvalue weighted by molar-refractivity contribution is -0.595. The predicted octanol–water partition coefficient (Wildman–Crippen LogP) is -1.04. The molecule has 4 heteroatoms. The third-order valence-corrected chi connectivity index (χ3v) is 2.15. The molecule has 0 aliphatic heterocycles. The second-order valence-corrected chi connectivity index (χ2v) is 3.40. The van der Waals surface area contributed by atoms with Gasteiger partial charge in [0, 0.05) is 5.02 Å². The lowest BCUT2D eigenvalue weighted by atomic mass is 10.3. The maximum atomic E-state index is 5.79. The van der Waals surface area contributed by atoms with E-state index in [1.807, 2.05) is 59.2 Å². The Hall–Kier alpha value is -0.550. The summed E-state index contributed by atoms with van der Waals surface area (Å²) in [6.45, 7) is 0. The van der Waals surface area contributed by atoms with Crippen molar-refractivity contribution in [3.63, 3.8) is 0 Å². The number of benzene rings is 1. The maximum absolute atomic E-state index is 5.79. The molecule has 1 aromatic heterocycles. The molecular weight excluding hydrogens is 310 g/mol. The molecular formula is C10H10ClIN2. The van der Waals surface area contributed by atoms with Gasteiger partial charge in [0.15, 0.2) is 0 Å². The smallest absolute Gasteiger partial charge is 0.248 e. The Morgan fingerprint density at radius 2 is 1.86 bits per heavy atom. The fourth-order valence-electron chi connectivity index (χ4n) is 1.22. The number of halogens is 2. The highest BCUT2D eigenvalue weighted by molar-refractivity contribution is 6.30. The van der Waals surface area contributed by atoms with E-state index in [0.29, 0.717) is 0 Å². The van der Waals surface area contributed by atoms with Crippen molar-refractivity contribution in [3.8, 4) is 5.69 Å². The van der Waals surface area contributed by atoms with Crippen molar-refractivity contribution in [3.05, 3.63) is 48.0 Å². The molecule has 0 spiro atoms. The van der Waals surface area contributed by atoms with Gasteiger partial charge < -0.3 is 24.0 Å². The molecule has 0 saturated carbocycles. The average molecular weight is 321 g/mol. The van der Waals surface area contributed by atoms with Crippen LogP contribution in [-0.4, -0.2) is 4.57 Å². The molecule has 0 fully saturated rings. The fourth-order valence-corrected chi connectivity index (χ4v) is 1.34. The van der Waals surface area contributed by atoms with E-state index in [1.54, 1.807) is 0 Å². The molecule has 2 nitrogen and oxygen atoms in total. The first-order chi connectivity index (χ1) is 6.25. The zero-order valence-electron chi connectivity index (χ0n) is 7.69. The van der Waals surface area contributed by atoms with Crippen molar-refractivity contribution in [2.75, 3.05) is 0 Å². The molecule has 0 bridgehead atoms. The summed E-state index contributed by atoms with van der Waals surface area (Å²) in [5, 5.41) is 0.764. The molecule has 0 aliphatic rings. The minimum absolute atomic E-state index is 0. The first-order valence-electron chi connectivity index (χ1n) is 4.05. The third kappa shape index (κ3) is 2.48. The van der Waals surface area contributed by atoms with Crippen LogP contribution in [-0.2, 0) is 7.05 Å². The van der Waals surface area contributed by atoms with E-state index in [-0.39, 0.29) is 24.0 Å². The van der Waals surface area contributed by atoms with Crippen LogP contribution in [0, 0.1) is 0 Å². The molecule has 0 atom stereocenters. The van der Waals surface area contributed by atoms with Gasteiger partial charge in [-0.1, -0.05) is 11.6 Å². The minimum Gasteiger partial charge on any atom is -1.00 e. The SMILES string of the molecule is Cn1cc[n+](-c2ccc(Cl)cc2)c1.[I-]. The summed E-state index contributed by atoms with van der Waals surface area (Å²) in [7, 11) is 1.99. The molecule has 1 heterocycles. The van der Waals surface area contributed by atoms with Crippen LogP contribution in [0.1, 0.15) is 0 Å². The van der Waals surface area contributed by atoms with Crippen LogP contribution in [0.15, 0.2) is 43.0 Å². The molecule has 0 aliphatic carbocycles. The Balaban J connectivity index is 0.000000980. The van der Waals surface area contributed by atoms with Crippen molar-refractivity contribution in [2.24, 2.45) is 7.05 Å². The molecule has 1 aromatic carbocycles. The lowest BCUT2D eigenvalue weighted by Gasteiger charge is -1.94. The number of imidazole rings is 1. The van der Waals surface area contributed by atoms with Gasteiger partial charge in [0.05, 0.1) is 7.05 Å². The van der Waals surface area contributed by atoms with Crippen LogP contribution in [0.5, 0.6) is 0 Å². The highest BCUT2D eigenvalue weighted by Crippen LogP contribution is 2.08. The Kier molecular flexibility index (Phi) is 3.95. The molecule has 2 aromatic rings. The molecule has 74 valence electrons. The second kappa shape index (κ2) is 4.79. The molecule has 0 unspecified atom stereocenters. The van der Waals surface area contributed by atoms with Gasteiger partial charge in [-0.25, -0.2) is 9.13 Å². The Labute approximate surface area is 105 Å². The Morgan fingerprint density at radius 3 is 2.36 bits per heavy atom. The number of aromatic nitrogens is 2. The second-order valence-electron chi connectivity index (χ2n) is 2.96. The van der Waals surface area contributed by atoms with Crippen molar-refractivity contribution < 1.29 is 28.5 Å². The van der Waals surface area contributed by atoms with Crippen molar-refractivity contribution in [1.82, 2.24) is 4.57 Å². The summed E-state index contributed by atoms with van der Waals surface area (Å²) in [5.41, 5.74) is 1.12. The summed E-state index contributed by atoms with van der Waals surface area (Å²) in [6, 6.07) is 7.75. The summed E-state index contributed by atoms with van der Waals surface area (Å²) in [4.78, 5) is 0. The topological polar surface area (TPSA) is 8.81 Å². The highest BCUT2D eigenvalue weighted by Gasteiger charge is 2.02. The van der Waals surface area contributed by atoms with Crippen molar-refractivity contribution in [1.29, 1.82) is 0 Å². The Morgan fingerprint density at radius 1 is 1.21 bits per heavy atom. The molecule has 0 saturated heterocycles. The number of hydrogen-bond acceptors (Lipinski definition) is 0. The van der Waals surface area contributed by atoms with E-state index >= 15 is 0 Å². The minimum atomic E-state index is 0. The van der Waals surface area contributed by atoms with Gasteiger partial charge in [0.1, 0.15) is 18.1 Å². The average Bonchev–Trinajstić information content (AvgIpc) is 2.53. The van der Waals surface area contributed by atoms with Crippen LogP contribution >= 0.6 is 11.6 Å². The van der Waals surface area contributed by atoms with Crippen molar-refractivity contribution in [2.45, 2.75) is 0 Å². The normalized spacial score (nSPS) is 9.57. The van der Waals surface area contributed by atoms with Crippen LogP contribution in [0.4, 0.5) is 0 Å². The van der Waals surface area contributed by atoms with Gasteiger partial charge in [0.25, 0.3) is 0 Å². The van der Waals surface area contributed by atoms with Crippen LogP contribution < -0.4 is 28.5 Å². The van der Waals surface area contributed by atoms with E-state index in [9.17, 15) is 0 Å². The van der Waals surface area contributed by atoms with Gasteiger partial charge in [-0.15, -0.1) is 0 Å². The van der Waals surface area contributed by atoms with Crippen LogP contribution in [0.2, 0.25) is 5.02 Å². The predicted molar refractivity (Wildman–Crippen MR) is 52.0 cm³/mol. The molecule has 2 rings (SSSR count). The number of aryl methyl sites for hydroxylation is 1. The monoisotopic (exact) mass is 320 g/mol. The zero-order chi connectivity index (χ0) is 9.26. The number of rotatable bonds is 1. The van der Waals surface area contributed by atoms with E-state index < -0.39 is 0 Å². The first-order valence-corrected chi connectivity index (χ1v) is 4.43. The summed E-state index contributed by atoms with van der Waals surface area (Å²) >= 11 is 5.79. The fraction of sp³-hybridized carbons (Fsp3) is 0.100. The van der Waals surface area contributed by atoms with Gasteiger partial charge in [-0.3, -0.25) is 0 Å². The van der Waals surface area contributed by atoms with E-state index in [2.05, 4.69) is 0 Å². The molecule has 0 amide bonds. The third-order valence-electron chi connectivity index (χ3n) is 1.89.